The number of carbonyl (C=O) groups is 2. The molecule has 4 rings (SSSR count). The second-order valence-electron chi connectivity index (χ2n) is 10.4. The number of hydrogen-bond acceptors (Lipinski definition) is 6. The summed E-state index contributed by atoms with van der Waals surface area (Å²) in [6, 6.07) is 19.9. The lowest BCUT2D eigenvalue weighted by atomic mass is 10.1. The molecule has 2 aromatic carbocycles. The lowest BCUT2D eigenvalue weighted by molar-refractivity contribution is -0.145. The molecule has 0 spiro atoms. The molecule has 0 radical (unpaired) electrons. The van der Waals surface area contributed by atoms with Crippen molar-refractivity contribution in [2.75, 3.05) is 13.2 Å². The van der Waals surface area contributed by atoms with E-state index < -0.39 is 0 Å². The Morgan fingerprint density at radius 2 is 0.929 bits per heavy atom. The minimum Gasteiger partial charge on any atom is -0.466 e. The van der Waals surface area contributed by atoms with Crippen LogP contribution in [-0.2, 0) is 32.2 Å². The number of rotatable bonds is 19. The van der Waals surface area contributed by atoms with Crippen LogP contribution in [0.15, 0.2) is 85.5 Å². The molecule has 0 saturated heterocycles. The summed E-state index contributed by atoms with van der Waals surface area (Å²) in [5.74, 6) is 1.40. The molecule has 2 heterocycles. The molecule has 0 saturated carbocycles. The fourth-order valence-electron chi connectivity index (χ4n) is 4.88. The van der Waals surface area contributed by atoms with E-state index in [1.54, 1.807) is 12.4 Å². The van der Waals surface area contributed by atoms with Crippen LogP contribution in [0.25, 0.3) is 22.8 Å². The first kappa shape index (κ1) is 30.8. The maximum absolute atomic E-state index is 12.2. The molecule has 42 heavy (non-hydrogen) atoms. The van der Waals surface area contributed by atoms with Crippen molar-refractivity contribution in [3.05, 3.63) is 85.5 Å². The largest absolute Gasteiger partial charge is 0.466 e. The average Bonchev–Trinajstić information content (AvgIpc) is 3.70. The third-order valence-corrected chi connectivity index (χ3v) is 7.17. The van der Waals surface area contributed by atoms with Crippen LogP contribution >= 0.6 is 0 Å². The summed E-state index contributed by atoms with van der Waals surface area (Å²) in [5.41, 5.74) is 2.07. The number of ether oxygens (including phenoxy) is 2. The molecule has 2 aromatic heterocycles. The van der Waals surface area contributed by atoms with Crippen molar-refractivity contribution in [1.82, 2.24) is 19.1 Å². The molecule has 222 valence electrons. The Bertz CT molecular complexity index is 1230. The van der Waals surface area contributed by atoms with E-state index in [1.165, 1.54) is 12.8 Å². The molecule has 0 bridgehead atoms. The Labute approximate surface area is 248 Å². The molecular weight excluding hydrogens is 528 g/mol. The number of hydrogen-bond donors (Lipinski definition) is 0. The van der Waals surface area contributed by atoms with Crippen molar-refractivity contribution in [3.8, 4) is 22.8 Å². The summed E-state index contributed by atoms with van der Waals surface area (Å²) in [6.07, 6.45) is 16.5. The number of aryl methyl sites for hydroxylation is 2. The van der Waals surface area contributed by atoms with Gasteiger partial charge >= 0.3 is 11.9 Å². The van der Waals surface area contributed by atoms with E-state index in [-0.39, 0.29) is 11.9 Å². The van der Waals surface area contributed by atoms with E-state index in [2.05, 4.69) is 9.97 Å². The van der Waals surface area contributed by atoms with Gasteiger partial charge in [-0.05, 0) is 12.8 Å². The van der Waals surface area contributed by atoms with Gasteiger partial charge in [0.2, 0.25) is 0 Å². The van der Waals surface area contributed by atoms with Crippen LogP contribution < -0.4 is 0 Å². The van der Waals surface area contributed by atoms with Crippen LogP contribution in [-0.4, -0.2) is 44.3 Å². The molecule has 0 N–H and O–H groups in total. The molecule has 0 aliphatic carbocycles. The second-order valence-corrected chi connectivity index (χ2v) is 10.4. The van der Waals surface area contributed by atoms with Gasteiger partial charge in [0, 0.05) is 49.0 Å². The van der Waals surface area contributed by atoms with Crippen molar-refractivity contribution in [3.63, 3.8) is 0 Å². The molecule has 0 fully saturated rings. The van der Waals surface area contributed by atoms with Crippen molar-refractivity contribution in [2.45, 2.75) is 77.3 Å². The van der Waals surface area contributed by atoms with Gasteiger partial charge < -0.3 is 18.6 Å². The Balaban J connectivity index is 0.943. The molecular formula is C34H42N4O4. The van der Waals surface area contributed by atoms with Crippen LogP contribution in [0.3, 0.4) is 0 Å². The lowest BCUT2D eigenvalue weighted by Gasteiger charge is -2.09. The number of unbranched alkanes of at least 4 members (excludes halogenated alkanes) is 7. The smallest absolute Gasteiger partial charge is 0.307 e. The van der Waals surface area contributed by atoms with E-state index in [0.29, 0.717) is 39.1 Å². The Morgan fingerprint density at radius 1 is 0.548 bits per heavy atom. The molecule has 8 nitrogen and oxygen atoms in total. The van der Waals surface area contributed by atoms with Crippen LogP contribution in [0.2, 0.25) is 0 Å². The molecule has 8 heteroatoms. The fourth-order valence-corrected chi connectivity index (χ4v) is 4.88. The third-order valence-electron chi connectivity index (χ3n) is 7.17. The summed E-state index contributed by atoms with van der Waals surface area (Å²) in [7, 11) is 0. The van der Waals surface area contributed by atoms with E-state index >= 15 is 0 Å². The van der Waals surface area contributed by atoms with Crippen LogP contribution in [0, 0.1) is 0 Å². The number of carbonyl (C=O) groups excluding carboxylic acids is 2. The van der Waals surface area contributed by atoms with Gasteiger partial charge in [-0.3, -0.25) is 9.59 Å². The number of aromatic nitrogens is 4. The summed E-state index contributed by atoms with van der Waals surface area (Å²) in [4.78, 5) is 33.1. The topological polar surface area (TPSA) is 88.2 Å². The number of esters is 2. The van der Waals surface area contributed by atoms with Gasteiger partial charge in [0.1, 0.15) is 11.6 Å². The maximum atomic E-state index is 12.2. The van der Waals surface area contributed by atoms with Crippen molar-refractivity contribution >= 4 is 11.9 Å². The van der Waals surface area contributed by atoms with Crippen molar-refractivity contribution < 1.29 is 19.1 Å². The monoisotopic (exact) mass is 570 g/mol. The predicted octanol–water partition coefficient (Wildman–Crippen LogP) is 7.10. The van der Waals surface area contributed by atoms with Gasteiger partial charge in [0.15, 0.2) is 0 Å². The highest BCUT2D eigenvalue weighted by atomic mass is 16.5. The molecule has 0 unspecified atom stereocenters. The van der Waals surface area contributed by atoms with E-state index in [0.717, 1.165) is 61.3 Å². The van der Waals surface area contributed by atoms with Gasteiger partial charge in [-0.1, -0.05) is 99.2 Å². The fraction of sp³-hybridized carbons (Fsp3) is 0.412. The van der Waals surface area contributed by atoms with Gasteiger partial charge in [-0.15, -0.1) is 0 Å². The Morgan fingerprint density at radius 3 is 1.33 bits per heavy atom. The van der Waals surface area contributed by atoms with Crippen molar-refractivity contribution in [2.24, 2.45) is 0 Å². The van der Waals surface area contributed by atoms with Crippen LogP contribution in [0.1, 0.15) is 64.2 Å². The Hall–Kier alpha value is -4.20. The molecule has 4 aromatic rings. The Kier molecular flexibility index (Phi) is 12.9. The minimum atomic E-state index is -0.165. The maximum Gasteiger partial charge on any atom is 0.307 e. The summed E-state index contributed by atoms with van der Waals surface area (Å²) >= 11 is 0. The number of benzene rings is 2. The average molecular weight is 571 g/mol. The van der Waals surface area contributed by atoms with Gasteiger partial charge in [-0.25, -0.2) is 9.97 Å². The van der Waals surface area contributed by atoms with Crippen LogP contribution in [0.4, 0.5) is 0 Å². The quantitative estimate of drug-likeness (QED) is 0.0882. The van der Waals surface area contributed by atoms with Gasteiger partial charge in [-0.2, -0.15) is 0 Å². The van der Waals surface area contributed by atoms with Crippen LogP contribution in [0.5, 0.6) is 0 Å². The minimum absolute atomic E-state index is 0.165. The highest BCUT2D eigenvalue weighted by Crippen LogP contribution is 2.18. The molecule has 0 aliphatic heterocycles. The predicted molar refractivity (Wildman–Crippen MR) is 163 cm³/mol. The zero-order valence-corrected chi connectivity index (χ0v) is 24.4. The van der Waals surface area contributed by atoms with E-state index in [1.807, 2.05) is 82.2 Å². The standard InChI is InChI=1S/C34H42N4O4/c39-31(19-23-37-25-21-35-33(37)29-15-9-7-10-16-29)41-27-13-5-3-1-2-4-6-14-28-42-32(40)20-24-38-26-22-36-34(38)30-17-11-8-12-18-30/h7-12,15-18,21-22,25-26H,1-6,13-14,19-20,23-24,27-28H2. The number of nitrogens with zero attached hydrogens (tertiary/aromatic N) is 4. The first-order valence-corrected chi connectivity index (χ1v) is 15.1. The second kappa shape index (κ2) is 17.6. The zero-order valence-electron chi connectivity index (χ0n) is 24.4. The summed E-state index contributed by atoms with van der Waals surface area (Å²) < 4.78 is 14.8. The molecule has 0 amide bonds. The highest BCUT2D eigenvalue weighted by Gasteiger charge is 2.10. The highest BCUT2D eigenvalue weighted by molar-refractivity contribution is 5.69. The normalized spacial score (nSPS) is 11.0. The third kappa shape index (κ3) is 10.3. The van der Waals surface area contributed by atoms with Gasteiger partial charge in [0.05, 0.1) is 26.1 Å². The van der Waals surface area contributed by atoms with Crippen molar-refractivity contribution in [1.29, 1.82) is 0 Å². The van der Waals surface area contributed by atoms with Gasteiger partial charge in [0.25, 0.3) is 0 Å². The molecule has 0 aliphatic rings. The SMILES string of the molecule is O=C(CCn1ccnc1-c1ccccc1)OCCCCCCCCCCOC(=O)CCn1ccnc1-c1ccccc1. The molecule has 0 atom stereocenters. The first-order valence-electron chi connectivity index (χ1n) is 15.1. The van der Waals surface area contributed by atoms with E-state index in [9.17, 15) is 9.59 Å². The number of imidazole rings is 2. The van der Waals surface area contributed by atoms with E-state index in [4.69, 9.17) is 9.47 Å². The summed E-state index contributed by atoms with van der Waals surface area (Å²) in [5, 5.41) is 0. The lowest BCUT2D eigenvalue weighted by Crippen LogP contribution is -2.10. The summed E-state index contributed by atoms with van der Waals surface area (Å²) in [6.45, 7) is 2.08. The zero-order chi connectivity index (χ0) is 29.2. The first-order chi connectivity index (χ1) is 20.7.